The number of fused-ring (bicyclic) bond motifs is 1. The van der Waals surface area contributed by atoms with Gasteiger partial charge in [-0.05, 0) is 11.6 Å². The summed E-state index contributed by atoms with van der Waals surface area (Å²) in [5.74, 6) is 0. The Labute approximate surface area is 117 Å². The molecule has 0 unspecified atom stereocenters. The number of hydrogen-bond acceptors (Lipinski definition) is 1. The van der Waals surface area contributed by atoms with Gasteiger partial charge in [-0.1, -0.05) is 48.5 Å². The summed E-state index contributed by atoms with van der Waals surface area (Å²) in [4.78, 5) is 14.7. The molecule has 0 amide bonds. The number of rotatable bonds is 1. The van der Waals surface area contributed by atoms with E-state index in [1.165, 1.54) is 30.3 Å². The molecule has 5 heteroatoms. The van der Waals surface area contributed by atoms with Gasteiger partial charge in [0.1, 0.15) is 0 Å². The molecule has 1 heterocycles. The van der Waals surface area contributed by atoms with Gasteiger partial charge in [-0.3, -0.25) is 4.79 Å². The molecule has 2 aromatic carbocycles. The summed E-state index contributed by atoms with van der Waals surface area (Å²) in [6.07, 6.45) is -4.61. The van der Waals surface area contributed by atoms with Gasteiger partial charge in [-0.25, -0.2) is 0 Å². The van der Waals surface area contributed by atoms with E-state index < -0.39 is 17.3 Å². The molecular weight excluding hydrogens is 279 g/mol. The molecule has 0 saturated carbocycles. The van der Waals surface area contributed by atoms with Crippen LogP contribution >= 0.6 is 0 Å². The van der Waals surface area contributed by atoms with Crippen molar-refractivity contribution in [3.8, 4) is 11.1 Å². The van der Waals surface area contributed by atoms with Gasteiger partial charge in [0, 0.05) is 10.9 Å². The molecule has 1 aromatic heterocycles. The Morgan fingerprint density at radius 1 is 0.857 bits per heavy atom. The highest BCUT2D eigenvalue weighted by atomic mass is 19.4. The number of nitrogens with one attached hydrogen (secondary N) is 1. The topological polar surface area (TPSA) is 32.9 Å². The molecule has 106 valence electrons. The third kappa shape index (κ3) is 2.31. The highest BCUT2D eigenvalue weighted by Gasteiger charge is 2.37. The molecule has 3 aromatic rings. The van der Waals surface area contributed by atoms with Crippen LogP contribution in [0.5, 0.6) is 0 Å². The van der Waals surface area contributed by atoms with Crippen molar-refractivity contribution in [3.05, 3.63) is 70.5 Å². The first-order valence-electron chi connectivity index (χ1n) is 6.26. The second-order valence-electron chi connectivity index (χ2n) is 4.61. The monoisotopic (exact) mass is 289 g/mol. The van der Waals surface area contributed by atoms with E-state index in [0.717, 1.165) is 0 Å². The largest absolute Gasteiger partial charge is 0.417 e. The van der Waals surface area contributed by atoms with Crippen LogP contribution in [0.25, 0.3) is 22.0 Å². The Bertz CT molecular complexity index is 851. The second-order valence-corrected chi connectivity index (χ2v) is 4.61. The van der Waals surface area contributed by atoms with Gasteiger partial charge in [0.25, 0.3) is 5.56 Å². The number of H-pyrrole nitrogens is 1. The molecule has 2 nitrogen and oxygen atoms in total. The van der Waals surface area contributed by atoms with E-state index in [1.807, 2.05) is 0 Å². The molecule has 0 bridgehead atoms. The number of halogens is 3. The molecule has 0 aliphatic rings. The van der Waals surface area contributed by atoms with E-state index in [4.69, 9.17) is 0 Å². The Kier molecular flexibility index (Phi) is 3.05. The molecule has 0 saturated heterocycles. The molecule has 0 aliphatic carbocycles. The molecule has 0 aliphatic heterocycles. The summed E-state index contributed by atoms with van der Waals surface area (Å²) in [5.41, 5.74) is -1.56. The molecule has 3 rings (SSSR count). The molecule has 1 N–H and O–H groups in total. The molecule has 21 heavy (non-hydrogen) atoms. The van der Waals surface area contributed by atoms with E-state index in [0.29, 0.717) is 0 Å². The summed E-state index contributed by atoms with van der Waals surface area (Å²) in [7, 11) is 0. The number of aromatic amines is 1. The zero-order valence-corrected chi connectivity index (χ0v) is 10.7. The van der Waals surface area contributed by atoms with E-state index in [2.05, 4.69) is 4.98 Å². The predicted molar refractivity (Wildman–Crippen MR) is 75.0 cm³/mol. The van der Waals surface area contributed by atoms with Crippen molar-refractivity contribution in [1.29, 1.82) is 0 Å². The fourth-order valence-electron chi connectivity index (χ4n) is 2.42. The quantitative estimate of drug-likeness (QED) is 0.715. The third-order valence-electron chi connectivity index (χ3n) is 3.27. The number of pyridine rings is 1. The predicted octanol–water partition coefficient (Wildman–Crippen LogP) is 4.21. The minimum absolute atomic E-state index is 0.0107. The average Bonchev–Trinajstić information content (AvgIpc) is 2.45. The van der Waals surface area contributed by atoms with Crippen molar-refractivity contribution >= 4 is 10.9 Å². The summed E-state index contributed by atoms with van der Waals surface area (Å²) < 4.78 is 40.5. The van der Waals surface area contributed by atoms with E-state index in [-0.39, 0.29) is 22.0 Å². The maximum atomic E-state index is 13.5. The van der Waals surface area contributed by atoms with Crippen LogP contribution in [-0.2, 0) is 6.18 Å². The Balaban J connectivity index is 2.50. The molecular formula is C16H10F3NO. The number of para-hydroxylation sites is 1. The number of benzene rings is 2. The van der Waals surface area contributed by atoms with Crippen LogP contribution < -0.4 is 5.56 Å². The Morgan fingerprint density at radius 3 is 2.14 bits per heavy atom. The first kappa shape index (κ1) is 13.4. The van der Waals surface area contributed by atoms with Gasteiger partial charge in [-0.15, -0.1) is 0 Å². The van der Waals surface area contributed by atoms with E-state index in [9.17, 15) is 18.0 Å². The van der Waals surface area contributed by atoms with Crippen molar-refractivity contribution < 1.29 is 13.2 Å². The van der Waals surface area contributed by atoms with Crippen LogP contribution in [0, 0.1) is 0 Å². The van der Waals surface area contributed by atoms with Crippen molar-refractivity contribution in [1.82, 2.24) is 4.98 Å². The van der Waals surface area contributed by atoms with Crippen LogP contribution in [-0.4, -0.2) is 4.98 Å². The Hall–Kier alpha value is -2.56. The van der Waals surface area contributed by atoms with E-state index in [1.54, 1.807) is 24.3 Å². The van der Waals surface area contributed by atoms with Crippen molar-refractivity contribution in [2.24, 2.45) is 0 Å². The molecule has 0 atom stereocenters. The van der Waals surface area contributed by atoms with Crippen LogP contribution in [0.15, 0.2) is 59.4 Å². The Morgan fingerprint density at radius 2 is 1.48 bits per heavy atom. The highest BCUT2D eigenvalue weighted by molar-refractivity contribution is 5.89. The zero-order valence-electron chi connectivity index (χ0n) is 10.7. The van der Waals surface area contributed by atoms with Crippen LogP contribution in [0.1, 0.15) is 5.56 Å². The van der Waals surface area contributed by atoms with Gasteiger partial charge in [0.05, 0.1) is 11.1 Å². The standard InChI is InChI=1S/C16H10F3NO/c17-16(18,19)14-11-8-4-5-9-12(11)20-15(21)13(14)10-6-2-1-3-7-10/h1-9H,(H,20,21). The normalized spacial score (nSPS) is 11.8. The van der Waals surface area contributed by atoms with Crippen LogP contribution in [0.2, 0.25) is 0 Å². The van der Waals surface area contributed by atoms with E-state index >= 15 is 0 Å². The van der Waals surface area contributed by atoms with Crippen LogP contribution in [0.4, 0.5) is 13.2 Å². The first-order valence-corrected chi connectivity index (χ1v) is 6.26. The van der Waals surface area contributed by atoms with Gasteiger partial charge in [0.15, 0.2) is 0 Å². The lowest BCUT2D eigenvalue weighted by molar-refractivity contribution is -0.135. The van der Waals surface area contributed by atoms with Crippen molar-refractivity contribution in [2.45, 2.75) is 6.18 Å². The van der Waals surface area contributed by atoms with Gasteiger partial charge in [0.2, 0.25) is 0 Å². The fourth-order valence-corrected chi connectivity index (χ4v) is 2.42. The smallest absolute Gasteiger partial charge is 0.321 e. The lowest BCUT2D eigenvalue weighted by atomic mass is 9.97. The average molecular weight is 289 g/mol. The SMILES string of the molecule is O=c1[nH]c2ccccc2c(C(F)(F)F)c1-c1ccccc1. The summed E-state index contributed by atoms with van der Waals surface area (Å²) in [6.45, 7) is 0. The molecule has 0 radical (unpaired) electrons. The summed E-state index contributed by atoms with van der Waals surface area (Å²) in [5, 5.41) is -0.0107. The maximum Gasteiger partial charge on any atom is 0.417 e. The zero-order chi connectivity index (χ0) is 15.0. The summed E-state index contributed by atoms with van der Waals surface area (Å²) >= 11 is 0. The van der Waals surface area contributed by atoms with Crippen molar-refractivity contribution in [3.63, 3.8) is 0 Å². The molecule has 0 fully saturated rings. The highest BCUT2D eigenvalue weighted by Crippen LogP contribution is 2.39. The minimum Gasteiger partial charge on any atom is -0.321 e. The third-order valence-corrected chi connectivity index (χ3v) is 3.27. The number of hydrogen-bond donors (Lipinski definition) is 1. The van der Waals surface area contributed by atoms with Gasteiger partial charge >= 0.3 is 6.18 Å². The fraction of sp³-hybridized carbons (Fsp3) is 0.0625. The van der Waals surface area contributed by atoms with Crippen LogP contribution in [0.3, 0.4) is 0 Å². The van der Waals surface area contributed by atoms with Gasteiger partial charge < -0.3 is 4.98 Å². The lowest BCUT2D eigenvalue weighted by Crippen LogP contribution is -2.18. The number of alkyl halides is 3. The number of aromatic nitrogens is 1. The minimum atomic E-state index is -4.61. The molecule has 0 spiro atoms. The first-order chi connectivity index (χ1) is 9.98. The second kappa shape index (κ2) is 4.77. The lowest BCUT2D eigenvalue weighted by Gasteiger charge is -2.15. The van der Waals surface area contributed by atoms with Crippen molar-refractivity contribution in [2.75, 3.05) is 0 Å². The van der Waals surface area contributed by atoms with Gasteiger partial charge in [-0.2, -0.15) is 13.2 Å². The maximum absolute atomic E-state index is 13.5. The summed E-state index contributed by atoms with van der Waals surface area (Å²) in [6, 6.07) is 13.8.